The molecule has 1 saturated heterocycles. The highest BCUT2D eigenvalue weighted by atomic mass is 16.2. The molecule has 2 rings (SSSR count). The van der Waals surface area contributed by atoms with E-state index in [1.165, 1.54) is 0 Å². The van der Waals surface area contributed by atoms with Crippen molar-refractivity contribution >= 4 is 17.6 Å². The number of nitrogens with zero attached hydrogens (tertiary/aromatic N) is 2. The second kappa shape index (κ2) is 5.79. The molecule has 6 heteroatoms. The van der Waals surface area contributed by atoms with Gasteiger partial charge in [0.15, 0.2) is 0 Å². The van der Waals surface area contributed by atoms with E-state index in [0.29, 0.717) is 18.4 Å². The molecule has 1 fully saturated rings. The summed E-state index contributed by atoms with van der Waals surface area (Å²) in [6, 6.07) is 4.17. The van der Waals surface area contributed by atoms with Gasteiger partial charge in [0.1, 0.15) is 5.82 Å². The van der Waals surface area contributed by atoms with E-state index in [2.05, 4.69) is 29.5 Å². The molecule has 0 radical (unpaired) electrons. The molecule has 0 atom stereocenters. The Kier molecular flexibility index (Phi) is 4.11. The Balaban J connectivity index is 2.18. The first-order valence-electron chi connectivity index (χ1n) is 6.31. The number of pyridine rings is 1. The zero-order valence-electron chi connectivity index (χ0n) is 11.1. The van der Waals surface area contributed by atoms with Crippen molar-refractivity contribution in [3.8, 4) is 0 Å². The summed E-state index contributed by atoms with van der Waals surface area (Å²) in [6.45, 7) is 5.11. The molecule has 0 saturated carbocycles. The molecule has 0 bridgehead atoms. The number of carbonyl (C=O) groups excluding carboxylic acids is 2. The van der Waals surface area contributed by atoms with Crippen LogP contribution >= 0.6 is 0 Å². The fraction of sp³-hybridized carbons (Fsp3) is 0.462. The van der Waals surface area contributed by atoms with Crippen LogP contribution in [-0.4, -0.2) is 35.9 Å². The van der Waals surface area contributed by atoms with Crippen molar-refractivity contribution in [1.82, 2.24) is 15.6 Å². The summed E-state index contributed by atoms with van der Waals surface area (Å²) in [6.07, 6.45) is 1.67. The number of amides is 2. The van der Waals surface area contributed by atoms with Crippen molar-refractivity contribution in [3.63, 3.8) is 0 Å². The number of rotatable bonds is 4. The lowest BCUT2D eigenvalue weighted by atomic mass is 10.2. The molecular weight excluding hydrogens is 244 g/mol. The van der Waals surface area contributed by atoms with Crippen LogP contribution in [0.3, 0.4) is 0 Å². The lowest BCUT2D eigenvalue weighted by Crippen LogP contribution is -2.52. The highest BCUT2D eigenvalue weighted by Gasteiger charge is 2.24. The van der Waals surface area contributed by atoms with Gasteiger partial charge in [0.2, 0.25) is 11.8 Å². The summed E-state index contributed by atoms with van der Waals surface area (Å²) in [5.41, 5.74) is 0.985. The summed E-state index contributed by atoms with van der Waals surface area (Å²) in [5, 5.41) is 5.60. The Hall–Kier alpha value is -1.95. The largest absolute Gasteiger partial charge is 0.338 e. The third-order valence-electron chi connectivity index (χ3n) is 2.82. The maximum absolute atomic E-state index is 11.4. The molecule has 0 aliphatic carbocycles. The molecule has 1 aliphatic rings. The predicted octanol–water partition coefficient (Wildman–Crippen LogP) is 0.0424. The standard InChI is InChI=1S/C13H18N4O2/c1-9(2)15-6-10-4-3-5-14-13(10)17-7-11(18)16-12(19)8-17/h3-5,9,15H,6-8H2,1-2H3,(H,16,18,19). The van der Waals surface area contributed by atoms with Gasteiger partial charge in [-0.1, -0.05) is 19.9 Å². The van der Waals surface area contributed by atoms with E-state index >= 15 is 0 Å². The smallest absolute Gasteiger partial charge is 0.246 e. The molecule has 102 valence electrons. The minimum atomic E-state index is -0.287. The van der Waals surface area contributed by atoms with E-state index < -0.39 is 0 Å². The van der Waals surface area contributed by atoms with Crippen molar-refractivity contribution in [2.75, 3.05) is 18.0 Å². The number of piperazine rings is 1. The first-order valence-corrected chi connectivity index (χ1v) is 6.31. The highest BCUT2D eigenvalue weighted by molar-refractivity contribution is 6.02. The fourth-order valence-electron chi connectivity index (χ4n) is 1.95. The number of aromatic nitrogens is 1. The second-order valence-electron chi connectivity index (χ2n) is 4.85. The van der Waals surface area contributed by atoms with E-state index in [1.54, 1.807) is 11.1 Å². The van der Waals surface area contributed by atoms with Gasteiger partial charge in [-0.15, -0.1) is 0 Å². The molecule has 0 spiro atoms. The zero-order chi connectivity index (χ0) is 13.8. The van der Waals surface area contributed by atoms with Gasteiger partial charge in [0.05, 0.1) is 13.1 Å². The third kappa shape index (κ3) is 3.51. The van der Waals surface area contributed by atoms with E-state index in [0.717, 1.165) is 5.56 Å². The minimum Gasteiger partial charge on any atom is -0.338 e. The molecular formula is C13H18N4O2. The van der Waals surface area contributed by atoms with Crippen LogP contribution in [0.2, 0.25) is 0 Å². The summed E-state index contributed by atoms with van der Waals surface area (Å²) < 4.78 is 0. The van der Waals surface area contributed by atoms with Crippen LogP contribution in [0.5, 0.6) is 0 Å². The number of hydrogen-bond acceptors (Lipinski definition) is 5. The summed E-state index contributed by atoms with van der Waals surface area (Å²) >= 11 is 0. The highest BCUT2D eigenvalue weighted by Crippen LogP contribution is 2.18. The van der Waals surface area contributed by atoms with Gasteiger partial charge in [0.25, 0.3) is 0 Å². The molecule has 2 N–H and O–H groups in total. The first-order chi connectivity index (χ1) is 9.06. The minimum absolute atomic E-state index is 0.164. The molecule has 1 aromatic heterocycles. The average molecular weight is 262 g/mol. The van der Waals surface area contributed by atoms with Crippen LogP contribution in [-0.2, 0) is 16.1 Å². The fourth-order valence-corrected chi connectivity index (χ4v) is 1.95. The van der Waals surface area contributed by atoms with Crippen LogP contribution in [0, 0.1) is 0 Å². The maximum Gasteiger partial charge on any atom is 0.246 e. The summed E-state index contributed by atoms with van der Waals surface area (Å²) in [5.74, 6) is 0.119. The third-order valence-corrected chi connectivity index (χ3v) is 2.82. The monoisotopic (exact) mass is 262 g/mol. The predicted molar refractivity (Wildman–Crippen MR) is 71.6 cm³/mol. The van der Waals surface area contributed by atoms with Crippen molar-refractivity contribution in [2.24, 2.45) is 0 Å². The first kappa shape index (κ1) is 13.5. The summed E-state index contributed by atoms with van der Waals surface area (Å²) in [4.78, 5) is 28.8. The van der Waals surface area contributed by atoms with Gasteiger partial charge >= 0.3 is 0 Å². The van der Waals surface area contributed by atoms with Crippen molar-refractivity contribution in [3.05, 3.63) is 23.9 Å². The van der Waals surface area contributed by atoms with Gasteiger partial charge in [0, 0.05) is 24.3 Å². The van der Waals surface area contributed by atoms with E-state index in [4.69, 9.17) is 0 Å². The van der Waals surface area contributed by atoms with E-state index in [1.807, 2.05) is 12.1 Å². The van der Waals surface area contributed by atoms with Crippen LogP contribution in [0.25, 0.3) is 0 Å². The van der Waals surface area contributed by atoms with Gasteiger partial charge in [-0.25, -0.2) is 4.98 Å². The van der Waals surface area contributed by atoms with Crippen molar-refractivity contribution < 1.29 is 9.59 Å². The van der Waals surface area contributed by atoms with Crippen LogP contribution in [0.15, 0.2) is 18.3 Å². The lowest BCUT2D eigenvalue weighted by Gasteiger charge is -2.28. The number of carbonyl (C=O) groups is 2. The van der Waals surface area contributed by atoms with Crippen LogP contribution < -0.4 is 15.5 Å². The summed E-state index contributed by atoms with van der Waals surface area (Å²) in [7, 11) is 0. The Morgan fingerprint density at radius 2 is 2.05 bits per heavy atom. The van der Waals surface area contributed by atoms with Gasteiger partial charge in [-0.2, -0.15) is 0 Å². The lowest BCUT2D eigenvalue weighted by molar-refractivity contribution is -0.130. The number of hydrogen-bond donors (Lipinski definition) is 2. The van der Waals surface area contributed by atoms with Crippen LogP contribution in [0.1, 0.15) is 19.4 Å². The van der Waals surface area contributed by atoms with E-state index in [9.17, 15) is 9.59 Å². The topological polar surface area (TPSA) is 74.3 Å². The molecule has 2 heterocycles. The number of imide groups is 1. The van der Waals surface area contributed by atoms with Gasteiger partial charge in [-0.05, 0) is 6.07 Å². The SMILES string of the molecule is CC(C)NCc1cccnc1N1CC(=O)NC(=O)C1. The zero-order valence-corrected chi connectivity index (χ0v) is 11.1. The normalized spacial score (nSPS) is 15.8. The molecule has 2 amide bonds. The second-order valence-corrected chi connectivity index (χ2v) is 4.85. The van der Waals surface area contributed by atoms with Crippen molar-refractivity contribution in [2.45, 2.75) is 26.4 Å². The molecule has 1 aromatic rings. The average Bonchev–Trinajstić information content (AvgIpc) is 2.35. The number of anilines is 1. The Bertz CT molecular complexity index is 471. The Labute approximate surface area is 112 Å². The van der Waals surface area contributed by atoms with Crippen LogP contribution in [0.4, 0.5) is 5.82 Å². The molecule has 0 unspecified atom stereocenters. The number of nitrogens with one attached hydrogen (secondary N) is 2. The van der Waals surface area contributed by atoms with Gasteiger partial charge in [-0.3, -0.25) is 14.9 Å². The van der Waals surface area contributed by atoms with Gasteiger partial charge < -0.3 is 10.2 Å². The maximum atomic E-state index is 11.4. The molecule has 19 heavy (non-hydrogen) atoms. The molecule has 1 aliphatic heterocycles. The Morgan fingerprint density at radius 3 is 2.68 bits per heavy atom. The molecule has 6 nitrogen and oxygen atoms in total. The van der Waals surface area contributed by atoms with Crippen molar-refractivity contribution in [1.29, 1.82) is 0 Å². The van der Waals surface area contributed by atoms with E-state index in [-0.39, 0.29) is 24.9 Å². The Morgan fingerprint density at radius 1 is 1.37 bits per heavy atom. The molecule has 0 aromatic carbocycles. The quantitative estimate of drug-likeness (QED) is 0.750.